The zero-order valence-corrected chi connectivity index (χ0v) is 14.1. The molecule has 2 rings (SSSR count). The number of rotatable bonds is 4. The molecule has 2 nitrogen and oxygen atoms in total. The molecule has 0 saturated heterocycles. The lowest BCUT2D eigenvalue weighted by Crippen LogP contribution is -2.14. The van der Waals surface area contributed by atoms with Gasteiger partial charge in [0, 0.05) is 16.6 Å². The molecule has 23 heavy (non-hydrogen) atoms. The van der Waals surface area contributed by atoms with Crippen LogP contribution in [0.4, 0.5) is 18.9 Å². The fraction of sp³-hybridized carbons (Fsp3) is 0.188. The number of alkyl halides is 3. The van der Waals surface area contributed by atoms with Crippen molar-refractivity contribution < 1.29 is 18.0 Å². The van der Waals surface area contributed by atoms with Crippen LogP contribution in [-0.2, 0) is 17.4 Å². The van der Waals surface area contributed by atoms with Gasteiger partial charge in [-0.1, -0.05) is 39.7 Å². The standard InChI is InChI=1S/C16H12BrClF3NO/c17-11-3-1-2-10(8-11)4-7-15(23)22-12-5-6-14(18)13(9-12)16(19,20)21/h1-3,5-6,8-9H,4,7H2,(H,22,23). The Morgan fingerprint density at radius 2 is 1.91 bits per heavy atom. The first-order chi connectivity index (χ1) is 10.8. The van der Waals surface area contributed by atoms with Crippen molar-refractivity contribution in [1.82, 2.24) is 0 Å². The Morgan fingerprint density at radius 3 is 2.57 bits per heavy atom. The van der Waals surface area contributed by atoms with Gasteiger partial charge in [0.25, 0.3) is 0 Å². The van der Waals surface area contributed by atoms with Crippen LogP contribution in [0, 0.1) is 0 Å². The minimum absolute atomic E-state index is 0.0703. The average molecular weight is 407 g/mol. The second kappa shape index (κ2) is 7.36. The van der Waals surface area contributed by atoms with E-state index in [1.165, 1.54) is 6.07 Å². The van der Waals surface area contributed by atoms with Gasteiger partial charge in [0.2, 0.25) is 5.91 Å². The number of anilines is 1. The molecule has 0 fully saturated rings. The van der Waals surface area contributed by atoms with Crippen LogP contribution in [0.15, 0.2) is 46.9 Å². The monoisotopic (exact) mass is 405 g/mol. The maximum absolute atomic E-state index is 12.8. The van der Waals surface area contributed by atoms with Gasteiger partial charge in [-0.2, -0.15) is 13.2 Å². The average Bonchev–Trinajstić information content (AvgIpc) is 2.46. The van der Waals surface area contributed by atoms with Gasteiger partial charge in [-0.05, 0) is 42.3 Å². The fourth-order valence-electron chi connectivity index (χ4n) is 1.99. The number of hydrogen-bond acceptors (Lipinski definition) is 1. The Morgan fingerprint density at radius 1 is 1.17 bits per heavy atom. The van der Waals surface area contributed by atoms with E-state index in [1.807, 2.05) is 24.3 Å². The first kappa shape index (κ1) is 17.8. The van der Waals surface area contributed by atoms with Crippen molar-refractivity contribution in [2.75, 3.05) is 5.32 Å². The molecule has 0 unspecified atom stereocenters. The number of carbonyl (C=O) groups is 1. The van der Waals surface area contributed by atoms with E-state index in [9.17, 15) is 18.0 Å². The van der Waals surface area contributed by atoms with Crippen molar-refractivity contribution in [2.24, 2.45) is 0 Å². The summed E-state index contributed by atoms with van der Waals surface area (Å²) >= 11 is 8.87. The molecule has 0 saturated carbocycles. The fourth-order valence-corrected chi connectivity index (χ4v) is 2.67. The van der Waals surface area contributed by atoms with Gasteiger partial charge >= 0.3 is 6.18 Å². The number of halogens is 5. The third kappa shape index (κ3) is 5.25. The van der Waals surface area contributed by atoms with E-state index in [4.69, 9.17) is 11.6 Å². The van der Waals surface area contributed by atoms with E-state index >= 15 is 0 Å². The molecule has 2 aromatic rings. The highest BCUT2D eigenvalue weighted by Gasteiger charge is 2.33. The van der Waals surface area contributed by atoms with Gasteiger partial charge in [-0.15, -0.1) is 0 Å². The van der Waals surface area contributed by atoms with Crippen LogP contribution >= 0.6 is 27.5 Å². The third-order valence-electron chi connectivity index (χ3n) is 3.09. The summed E-state index contributed by atoms with van der Waals surface area (Å²) < 4.78 is 39.2. The smallest absolute Gasteiger partial charge is 0.326 e. The van der Waals surface area contributed by atoms with Gasteiger partial charge in [-0.3, -0.25) is 4.79 Å². The van der Waals surface area contributed by atoms with Gasteiger partial charge in [0.1, 0.15) is 0 Å². The topological polar surface area (TPSA) is 29.1 Å². The molecule has 0 aliphatic rings. The maximum Gasteiger partial charge on any atom is 0.417 e. The van der Waals surface area contributed by atoms with Crippen LogP contribution < -0.4 is 5.32 Å². The molecule has 0 heterocycles. The number of hydrogen-bond donors (Lipinski definition) is 1. The minimum atomic E-state index is -4.56. The summed E-state index contributed by atoms with van der Waals surface area (Å²) in [5.41, 5.74) is 0.0616. The number of benzene rings is 2. The zero-order valence-electron chi connectivity index (χ0n) is 11.8. The number of nitrogens with one attached hydrogen (secondary N) is 1. The van der Waals surface area contributed by atoms with E-state index < -0.39 is 16.8 Å². The van der Waals surface area contributed by atoms with Crippen molar-refractivity contribution in [2.45, 2.75) is 19.0 Å². The summed E-state index contributed by atoms with van der Waals surface area (Å²) in [6, 6.07) is 10.8. The molecule has 0 aliphatic heterocycles. The second-order valence-corrected chi connectivity index (χ2v) is 6.19. The molecule has 7 heteroatoms. The van der Waals surface area contributed by atoms with E-state index in [2.05, 4.69) is 21.2 Å². The Hall–Kier alpha value is -1.53. The van der Waals surface area contributed by atoms with Crippen LogP contribution in [0.5, 0.6) is 0 Å². The number of carbonyl (C=O) groups excluding carboxylic acids is 1. The zero-order chi connectivity index (χ0) is 17.0. The lowest BCUT2D eigenvalue weighted by molar-refractivity contribution is -0.137. The quantitative estimate of drug-likeness (QED) is 0.694. The Bertz CT molecular complexity index is 719. The molecular weight excluding hydrogens is 395 g/mol. The van der Waals surface area contributed by atoms with Gasteiger partial charge < -0.3 is 5.32 Å². The molecule has 0 atom stereocenters. The highest BCUT2D eigenvalue weighted by molar-refractivity contribution is 9.10. The van der Waals surface area contributed by atoms with Crippen molar-refractivity contribution >= 4 is 39.1 Å². The van der Waals surface area contributed by atoms with Crippen molar-refractivity contribution in [3.8, 4) is 0 Å². The molecule has 0 aliphatic carbocycles. The summed E-state index contributed by atoms with van der Waals surface area (Å²) in [7, 11) is 0. The molecule has 1 amide bonds. The second-order valence-electron chi connectivity index (χ2n) is 4.87. The van der Waals surface area contributed by atoms with Crippen molar-refractivity contribution in [1.29, 1.82) is 0 Å². The first-order valence-electron chi connectivity index (χ1n) is 6.67. The van der Waals surface area contributed by atoms with Gasteiger partial charge in [-0.25, -0.2) is 0 Å². The first-order valence-corrected chi connectivity index (χ1v) is 7.84. The summed E-state index contributed by atoms with van der Waals surface area (Å²) in [5, 5.41) is 2.06. The number of amides is 1. The normalized spacial score (nSPS) is 11.3. The lowest BCUT2D eigenvalue weighted by atomic mass is 10.1. The van der Waals surface area contributed by atoms with Gasteiger partial charge in [0.15, 0.2) is 0 Å². The largest absolute Gasteiger partial charge is 0.417 e. The number of aryl methyl sites for hydroxylation is 1. The van der Waals surface area contributed by atoms with Crippen LogP contribution in [0.25, 0.3) is 0 Å². The van der Waals surface area contributed by atoms with Crippen LogP contribution in [0.3, 0.4) is 0 Å². The van der Waals surface area contributed by atoms with Crippen molar-refractivity contribution in [3.63, 3.8) is 0 Å². The van der Waals surface area contributed by atoms with Crippen LogP contribution in [0.1, 0.15) is 17.5 Å². The van der Waals surface area contributed by atoms with E-state index in [1.54, 1.807) is 0 Å². The molecule has 0 radical (unpaired) electrons. The predicted octanol–water partition coefficient (Wildman–Crippen LogP) is 5.69. The Balaban J connectivity index is 2.00. The Labute approximate surface area is 144 Å². The molecule has 2 aromatic carbocycles. The van der Waals surface area contributed by atoms with Crippen molar-refractivity contribution in [3.05, 3.63) is 63.1 Å². The summed E-state index contributed by atoms with van der Waals surface area (Å²) in [4.78, 5) is 11.9. The predicted molar refractivity (Wildman–Crippen MR) is 87.5 cm³/mol. The van der Waals surface area contributed by atoms with E-state index in [-0.39, 0.29) is 18.0 Å². The molecule has 0 aromatic heterocycles. The molecule has 122 valence electrons. The third-order valence-corrected chi connectivity index (χ3v) is 3.91. The molecular formula is C16H12BrClF3NO. The Kier molecular flexibility index (Phi) is 5.70. The SMILES string of the molecule is O=C(CCc1cccc(Br)c1)Nc1ccc(Cl)c(C(F)(F)F)c1. The summed E-state index contributed by atoms with van der Waals surface area (Å²) in [5.74, 6) is -0.361. The van der Waals surface area contributed by atoms with E-state index in [0.29, 0.717) is 6.42 Å². The highest BCUT2D eigenvalue weighted by atomic mass is 79.9. The molecule has 0 bridgehead atoms. The van der Waals surface area contributed by atoms with Gasteiger partial charge in [0.05, 0.1) is 10.6 Å². The minimum Gasteiger partial charge on any atom is -0.326 e. The maximum atomic E-state index is 12.8. The lowest BCUT2D eigenvalue weighted by Gasteiger charge is -2.12. The van der Waals surface area contributed by atoms with Crippen LogP contribution in [0.2, 0.25) is 5.02 Å². The molecule has 1 N–H and O–H groups in total. The summed E-state index contributed by atoms with van der Waals surface area (Å²) in [6.07, 6.45) is -3.90. The summed E-state index contributed by atoms with van der Waals surface area (Å²) in [6.45, 7) is 0. The highest BCUT2D eigenvalue weighted by Crippen LogP contribution is 2.36. The van der Waals surface area contributed by atoms with E-state index in [0.717, 1.165) is 22.2 Å². The molecule has 0 spiro atoms. The van der Waals surface area contributed by atoms with Crippen LogP contribution in [-0.4, -0.2) is 5.91 Å².